The van der Waals surface area contributed by atoms with Crippen LogP contribution in [0.25, 0.3) is 0 Å². The van der Waals surface area contributed by atoms with Gasteiger partial charge < -0.3 is 5.32 Å². The van der Waals surface area contributed by atoms with Gasteiger partial charge in [-0.25, -0.2) is 0 Å². The molecule has 0 atom stereocenters. The lowest BCUT2D eigenvalue weighted by Gasteiger charge is -2.14. The van der Waals surface area contributed by atoms with E-state index in [2.05, 4.69) is 58.9 Å². The van der Waals surface area contributed by atoms with Gasteiger partial charge in [0.2, 0.25) is 0 Å². The highest BCUT2D eigenvalue weighted by atomic mass is 32.1. The average molecular weight is 293 g/mol. The molecular weight excluding hydrogens is 270 g/mol. The largest absolute Gasteiger partial charge is 0.309 e. The zero-order valence-electron chi connectivity index (χ0n) is 12.4. The second-order valence-corrected chi connectivity index (χ2v) is 6.36. The maximum Gasteiger partial charge on any atom is 0.0964 e. The highest BCUT2D eigenvalue weighted by Crippen LogP contribution is 2.10. The highest BCUT2D eigenvalue weighted by molar-refractivity contribution is 7.09. The minimum atomic E-state index is 0.470. The van der Waals surface area contributed by atoms with Gasteiger partial charge in [-0.2, -0.15) is 0 Å². The third-order valence-corrected chi connectivity index (χ3v) is 3.86. The fourth-order valence-corrected chi connectivity index (χ4v) is 2.64. The van der Waals surface area contributed by atoms with Gasteiger partial charge in [0.25, 0.3) is 0 Å². The number of thiophene rings is 1. The van der Waals surface area contributed by atoms with Crippen molar-refractivity contribution in [3.8, 4) is 0 Å². The van der Waals surface area contributed by atoms with E-state index >= 15 is 0 Å². The number of rotatable bonds is 8. The van der Waals surface area contributed by atoms with Crippen molar-refractivity contribution < 1.29 is 0 Å². The predicted octanol–water partition coefficient (Wildman–Crippen LogP) is 1.97. The predicted molar refractivity (Wildman–Crippen MR) is 82.7 cm³/mol. The van der Waals surface area contributed by atoms with E-state index in [9.17, 15) is 0 Å². The van der Waals surface area contributed by atoms with E-state index in [4.69, 9.17) is 0 Å². The van der Waals surface area contributed by atoms with Crippen molar-refractivity contribution in [1.29, 1.82) is 0 Å². The molecule has 0 aliphatic carbocycles. The second-order valence-electron chi connectivity index (χ2n) is 5.33. The molecule has 20 heavy (non-hydrogen) atoms. The van der Waals surface area contributed by atoms with Gasteiger partial charge >= 0.3 is 0 Å². The number of hydrogen-bond acceptors (Lipinski definition) is 5. The fourth-order valence-electron chi connectivity index (χ4n) is 1.86. The third kappa shape index (κ3) is 5.03. The summed E-state index contributed by atoms with van der Waals surface area (Å²) in [5, 5.41) is 13.8. The summed E-state index contributed by atoms with van der Waals surface area (Å²) in [6.45, 7) is 7.87. The fraction of sp³-hybridized carbons (Fsp3) is 0.571. The second kappa shape index (κ2) is 7.52. The lowest BCUT2D eigenvalue weighted by molar-refractivity contribution is 0.306. The van der Waals surface area contributed by atoms with Crippen LogP contribution in [0.3, 0.4) is 0 Å². The van der Waals surface area contributed by atoms with E-state index in [0.29, 0.717) is 6.04 Å². The molecule has 2 aromatic rings. The van der Waals surface area contributed by atoms with E-state index in [1.165, 1.54) is 4.88 Å². The molecule has 0 bridgehead atoms. The SMILES string of the molecule is CC(C)NCc1cn(CCN(C)Cc2cccs2)nn1. The summed E-state index contributed by atoms with van der Waals surface area (Å²) in [6.07, 6.45) is 2.02. The van der Waals surface area contributed by atoms with Crippen LogP contribution in [-0.2, 0) is 19.6 Å². The van der Waals surface area contributed by atoms with Crippen molar-refractivity contribution in [2.24, 2.45) is 0 Å². The molecule has 0 aliphatic rings. The summed E-state index contributed by atoms with van der Waals surface area (Å²) < 4.78 is 1.92. The Kier molecular flexibility index (Phi) is 5.70. The van der Waals surface area contributed by atoms with Gasteiger partial charge in [-0.15, -0.1) is 16.4 Å². The van der Waals surface area contributed by atoms with E-state index in [1.807, 2.05) is 10.9 Å². The molecule has 0 fully saturated rings. The van der Waals surface area contributed by atoms with E-state index in [0.717, 1.165) is 31.9 Å². The van der Waals surface area contributed by atoms with Gasteiger partial charge in [0.1, 0.15) is 0 Å². The third-order valence-electron chi connectivity index (χ3n) is 2.99. The monoisotopic (exact) mass is 293 g/mol. The Hall–Kier alpha value is -1.24. The molecule has 2 aromatic heterocycles. The van der Waals surface area contributed by atoms with Crippen molar-refractivity contribution in [3.63, 3.8) is 0 Å². The summed E-state index contributed by atoms with van der Waals surface area (Å²) in [7, 11) is 2.14. The lowest BCUT2D eigenvalue weighted by Crippen LogP contribution is -2.23. The maximum absolute atomic E-state index is 4.18. The molecule has 5 nitrogen and oxygen atoms in total. The van der Waals surface area contributed by atoms with Gasteiger partial charge in [0, 0.05) is 36.8 Å². The van der Waals surface area contributed by atoms with Crippen molar-refractivity contribution in [2.75, 3.05) is 13.6 Å². The highest BCUT2D eigenvalue weighted by Gasteiger charge is 2.04. The van der Waals surface area contributed by atoms with Crippen LogP contribution in [0.2, 0.25) is 0 Å². The molecule has 0 unspecified atom stereocenters. The van der Waals surface area contributed by atoms with Gasteiger partial charge in [-0.3, -0.25) is 9.58 Å². The summed E-state index contributed by atoms with van der Waals surface area (Å²) in [6, 6.07) is 4.74. The van der Waals surface area contributed by atoms with Crippen LogP contribution in [0, 0.1) is 0 Å². The van der Waals surface area contributed by atoms with E-state index in [-0.39, 0.29) is 0 Å². The average Bonchev–Trinajstić information content (AvgIpc) is 3.05. The van der Waals surface area contributed by atoms with Crippen LogP contribution in [-0.4, -0.2) is 39.5 Å². The molecule has 0 saturated heterocycles. The molecule has 0 aliphatic heterocycles. The van der Waals surface area contributed by atoms with Crippen molar-refractivity contribution in [2.45, 2.75) is 39.5 Å². The van der Waals surface area contributed by atoms with Gasteiger partial charge in [-0.1, -0.05) is 25.1 Å². The van der Waals surface area contributed by atoms with E-state index < -0.39 is 0 Å². The Bertz CT molecular complexity index is 491. The Labute approximate surface area is 124 Å². The normalized spacial score (nSPS) is 11.7. The minimum absolute atomic E-state index is 0.470. The van der Waals surface area contributed by atoms with Crippen LogP contribution >= 0.6 is 11.3 Å². The summed E-state index contributed by atoms with van der Waals surface area (Å²) >= 11 is 1.80. The summed E-state index contributed by atoms with van der Waals surface area (Å²) in [5.74, 6) is 0. The summed E-state index contributed by atoms with van der Waals surface area (Å²) in [4.78, 5) is 3.70. The minimum Gasteiger partial charge on any atom is -0.309 e. The lowest BCUT2D eigenvalue weighted by atomic mass is 10.3. The maximum atomic E-state index is 4.18. The zero-order chi connectivity index (χ0) is 14.4. The van der Waals surface area contributed by atoms with E-state index in [1.54, 1.807) is 11.3 Å². The topological polar surface area (TPSA) is 46.0 Å². The number of nitrogens with one attached hydrogen (secondary N) is 1. The van der Waals surface area contributed by atoms with Gasteiger partial charge in [0.05, 0.1) is 12.2 Å². The van der Waals surface area contributed by atoms with Crippen LogP contribution in [0.15, 0.2) is 23.7 Å². The van der Waals surface area contributed by atoms with Crippen LogP contribution < -0.4 is 5.32 Å². The molecule has 0 amide bonds. The Morgan fingerprint density at radius 2 is 2.30 bits per heavy atom. The summed E-state index contributed by atoms with van der Waals surface area (Å²) in [5.41, 5.74) is 1.000. The standard InChI is InChI=1S/C14H23N5S/c1-12(2)15-9-13-10-19(17-16-13)7-6-18(3)11-14-5-4-8-20-14/h4-5,8,10,12,15H,6-7,9,11H2,1-3H3. The van der Waals surface area contributed by atoms with Crippen LogP contribution in [0.5, 0.6) is 0 Å². The van der Waals surface area contributed by atoms with Crippen molar-refractivity contribution >= 4 is 11.3 Å². The first-order chi connectivity index (χ1) is 9.63. The first-order valence-corrected chi connectivity index (χ1v) is 7.85. The quantitative estimate of drug-likeness (QED) is 0.808. The molecule has 110 valence electrons. The molecule has 0 saturated carbocycles. The molecule has 2 heterocycles. The smallest absolute Gasteiger partial charge is 0.0964 e. The Morgan fingerprint density at radius 3 is 3.00 bits per heavy atom. The van der Waals surface area contributed by atoms with Crippen molar-refractivity contribution in [1.82, 2.24) is 25.2 Å². The number of likely N-dealkylation sites (N-methyl/N-ethyl adjacent to an activating group) is 1. The molecule has 1 N–H and O–H groups in total. The molecular formula is C14H23N5S. The molecule has 0 radical (unpaired) electrons. The number of nitrogens with zero attached hydrogens (tertiary/aromatic N) is 4. The zero-order valence-corrected chi connectivity index (χ0v) is 13.2. The first kappa shape index (κ1) is 15.2. The number of aromatic nitrogens is 3. The Balaban J connectivity index is 1.73. The first-order valence-electron chi connectivity index (χ1n) is 6.97. The van der Waals surface area contributed by atoms with Crippen molar-refractivity contribution in [3.05, 3.63) is 34.3 Å². The molecule has 2 rings (SSSR count). The van der Waals surface area contributed by atoms with Crippen LogP contribution in [0.1, 0.15) is 24.4 Å². The molecule has 0 spiro atoms. The Morgan fingerprint density at radius 1 is 1.45 bits per heavy atom. The molecule has 6 heteroatoms. The number of hydrogen-bond donors (Lipinski definition) is 1. The van der Waals surface area contributed by atoms with Crippen LogP contribution in [0.4, 0.5) is 0 Å². The van der Waals surface area contributed by atoms with Gasteiger partial charge in [-0.05, 0) is 18.5 Å². The molecule has 0 aromatic carbocycles. The van der Waals surface area contributed by atoms with Gasteiger partial charge in [0.15, 0.2) is 0 Å².